The van der Waals surface area contributed by atoms with E-state index in [1.165, 1.54) is 6.08 Å². The van der Waals surface area contributed by atoms with Crippen molar-refractivity contribution in [3.8, 4) is 0 Å². The van der Waals surface area contributed by atoms with Gasteiger partial charge in [0.15, 0.2) is 0 Å². The van der Waals surface area contributed by atoms with E-state index in [0.29, 0.717) is 12.0 Å². The van der Waals surface area contributed by atoms with Crippen LogP contribution in [0.1, 0.15) is 20.3 Å². The molecule has 0 amide bonds. The van der Waals surface area contributed by atoms with Crippen LogP contribution in [0.15, 0.2) is 48.6 Å². The zero-order valence-corrected chi connectivity index (χ0v) is 15.2. The molecule has 1 aliphatic carbocycles. The summed E-state index contributed by atoms with van der Waals surface area (Å²) in [7, 11) is 0. The molecule has 142 valence electrons. The van der Waals surface area contributed by atoms with Crippen LogP contribution in [-0.2, 0) is 19.1 Å². The Morgan fingerprint density at radius 2 is 2.08 bits per heavy atom. The summed E-state index contributed by atoms with van der Waals surface area (Å²) in [5.41, 5.74) is 0.297. The monoisotopic (exact) mass is 362 g/mol. The molecule has 0 aromatic heterocycles. The molecule has 0 aromatic rings. The number of hydrogen-bond acceptors (Lipinski definition) is 6. The third kappa shape index (κ3) is 3.27. The van der Waals surface area contributed by atoms with Crippen molar-refractivity contribution in [2.24, 2.45) is 17.3 Å². The third-order valence-corrected chi connectivity index (χ3v) is 5.49. The minimum absolute atomic E-state index is 0.139. The molecular formula is C20H26O6. The lowest BCUT2D eigenvalue weighted by molar-refractivity contribution is -0.159. The van der Waals surface area contributed by atoms with Crippen LogP contribution >= 0.6 is 0 Å². The Morgan fingerprint density at radius 3 is 2.58 bits per heavy atom. The molecule has 2 fully saturated rings. The molecule has 6 nitrogen and oxygen atoms in total. The van der Waals surface area contributed by atoms with E-state index < -0.39 is 42.1 Å². The lowest BCUT2D eigenvalue weighted by Crippen LogP contribution is -2.52. The van der Waals surface area contributed by atoms with Crippen LogP contribution < -0.4 is 0 Å². The Labute approximate surface area is 153 Å². The van der Waals surface area contributed by atoms with Gasteiger partial charge in [0, 0.05) is 11.5 Å². The molecule has 0 aromatic carbocycles. The average Bonchev–Trinajstić information content (AvgIpc) is 2.90. The number of carbonyl (C=O) groups excluding carboxylic acids is 2. The van der Waals surface area contributed by atoms with Crippen LogP contribution in [-0.4, -0.2) is 47.6 Å². The van der Waals surface area contributed by atoms with E-state index in [0.717, 1.165) is 0 Å². The van der Waals surface area contributed by atoms with E-state index in [1.54, 1.807) is 13.0 Å². The Hall–Kier alpha value is -2.18. The summed E-state index contributed by atoms with van der Waals surface area (Å²) >= 11 is 0. The molecule has 0 spiro atoms. The van der Waals surface area contributed by atoms with Crippen LogP contribution in [0, 0.1) is 17.3 Å². The number of esters is 2. The number of aliphatic hydroxyl groups excluding tert-OH is 2. The topological polar surface area (TPSA) is 93.1 Å². The number of fused-ring (bicyclic) bond motifs is 1. The van der Waals surface area contributed by atoms with Crippen molar-refractivity contribution >= 4 is 11.9 Å². The molecule has 0 unspecified atom stereocenters. The summed E-state index contributed by atoms with van der Waals surface area (Å²) in [6.07, 6.45) is 2.25. The molecule has 0 radical (unpaired) electrons. The maximum Gasteiger partial charge on any atom is 0.336 e. The van der Waals surface area contributed by atoms with Crippen molar-refractivity contribution in [3.63, 3.8) is 0 Å². The van der Waals surface area contributed by atoms with Gasteiger partial charge in [0.25, 0.3) is 0 Å². The number of carbonyl (C=O) groups is 2. The Balaban J connectivity index is 2.43. The summed E-state index contributed by atoms with van der Waals surface area (Å²) in [5.74, 6) is -2.09. The molecule has 1 aliphatic heterocycles. The molecule has 1 heterocycles. The van der Waals surface area contributed by atoms with Crippen LogP contribution in [0.3, 0.4) is 0 Å². The van der Waals surface area contributed by atoms with E-state index in [9.17, 15) is 19.8 Å². The Morgan fingerprint density at radius 1 is 1.42 bits per heavy atom. The van der Waals surface area contributed by atoms with Gasteiger partial charge in [-0.05, 0) is 24.3 Å². The van der Waals surface area contributed by atoms with Gasteiger partial charge in [-0.15, -0.1) is 6.58 Å². The number of hydrogen-bond donors (Lipinski definition) is 2. The molecule has 0 bridgehead atoms. The number of allylic oxidation sites excluding steroid dienone is 2. The fourth-order valence-corrected chi connectivity index (χ4v) is 3.99. The van der Waals surface area contributed by atoms with Crippen LogP contribution in [0.5, 0.6) is 0 Å². The highest BCUT2D eigenvalue weighted by Gasteiger charge is 2.58. The standard InChI is InChI=1S/C20H26O6/c1-6-13(10-22)19(24)25-14-8-20(5,7-2)16(11(3)9-21)17-15(14)12(4)18(23)26-17/h6-7,14-17,21-22H,2-4,8-10H2,1,5H3/b13-6-/t14-,15+,16+,17-,20+/m0/s1. The Bertz CT molecular complexity index is 676. The van der Waals surface area contributed by atoms with Crippen molar-refractivity contribution in [3.05, 3.63) is 48.6 Å². The predicted molar refractivity (Wildman–Crippen MR) is 95.9 cm³/mol. The molecular weight excluding hydrogens is 336 g/mol. The molecule has 5 atom stereocenters. The maximum absolute atomic E-state index is 12.3. The van der Waals surface area contributed by atoms with Crippen molar-refractivity contribution in [1.29, 1.82) is 0 Å². The van der Waals surface area contributed by atoms with Gasteiger partial charge in [-0.1, -0.05) is 32.2 Å². The second-order valence-electron chi connectivity index (χ2n) is 7.04. The first-order valence-corrected chi connectivity index (χ1v) is 8.53. The van der Waals surface area contributed by atoms with Crippen molar-refractivity contribution < 1.29 is 29.3 Å². The maximum atomic E-state index is 12.3. The van der Waals surface area contributed by atoms with E-state index in [1.807, 2.05) is 6.92 Å². The van der Waals surface area contributed by atoms with Gasteiger partial charge in [0.2, 0.25) is 0 Å². The molecule has 26 heavy (non-hydrogen) atoms. The molecule has 1 saturated heterocycles. The highest BCUT2D eigenvalue weighted by molar-refractivity contribution is 5.92. The van der Waals surface area contributed by atoms with Crippen molar-refractivity contribution in [2.45, 2.75) is 32.5 Å². The summed E-state index contributed by atoms with van der Waals surface area (Å²) in [4.78, 5) is 24.5. The minimum atomic E-state index is -0.668. The summed E-state index contributed by atoms with van der Waals surface area (Å²) in [5, 5.41) is 18.9. The summed E-state index contributed by atoms with van der Waals surface area (Å²) in [6, 6.07) is 0. The second-order valence-corrected chi connectivity index (χ2v) is 7.04. The zero-order chi connectivity index (χ0) is 19.6. The van der Waals surface area contributed by atoms with E-state index in [4.69, 9.17) is 9.47 Å². The smallest absolute Gasteiger partial charge is 0.336 e. The second kappa shape index (κ2) is 7.60. The molecule has 2 aliphatic rings. The first-order chi connectivity index (χ1) is 12.2. The number of ether oxygens (including phenoxy) is 2. The fraction of sp³-hybridized carbons (Fsp3) is 0.500. The van der Waals surface area contributed by atoms with Gasteiger partial charge in [-0.25, -0.2) is 9.59 Å². The number of aliphatic hydroxyl groups is 2. The van der Waals surface area contributed by atoms with Gasteiger partial charge in [0.1, 0.15) is 12.2 Å². The van der Waals surface area contributed by atoms with Crippen molar-refractivity contribution in [2.75, 3.05) is 13.2 Å². The highest BCUT2D eigenvalue weighted by Crippen LogP contribution is 2.53. The van der Waals surface area contributed by atoms with Gasteiger partial charge < -0.3 is 19.7 Å². The van der Waals surface area contributed by atoms with Crippen LogP contribution in [0.4, 0.5) is 0 Å². The minimum Gasteiger partial charge on any atom is -0.458 e. The fourth-order valence-electron chi connectivity index (χ4n) is 3.99. The SMILES string of the molecule is C=C[C@]1(C)C[C@H](OC(=O)/C(=C\C)CO)[C@H]2C(=C)C(=O)O[C@@H]2[C@H]1C(=C)CO. The summed E-state index contributed by atoms with van der Waals surface area (Å²) < 4.78 is 11.1. The van der Waals surface area contributed by atoms with E-state index in [-0.39, 0.29) is 23.7 Å². The third-order valence-electron chi connectivity index (χ3n) is 5.49. The zero-order valence-electron chi connectivity index (χ0n) is 15.2. The average molecular weight is 362 g/mol. The predicted octanol–water partition coefficient (Wildman–Crippen LogP) is 1.70. The molecule has 6 heteroatoms. The highest BCUT2D eigenvalue weighted by atomic mass is 16.6. The van der Waals surface area contributed by atoms with Gasteiger partial charge in [0.05, 0.1) is 24.7 Å². The van der Waals surface area contributed by atoms with E-state index >= 15 is 0 Å². The molecule has 2 rings (SSSR count). The van der Waals surface area contributed by atoms with E-state index in [2.05, 4.69) is 19.7 Å². The summed E-state index contributed by atoms with van der Waals surface area (Å²) in [6.45, 7) is 14.5. The quantitative estimate of drug-likeness (QED) is 0.424. The lowest BCUT2D eigenvalue weighted by atomic mass is 9.59. The van der Waals surface area contributed by atoms with Crippen LogP contribution in [0.25, 0.3) is 0 Å². The first-order valence-electron chi connectivity index (χ1n) is 8.53. The molecule has 2 N–H and O–H groups in total. The first kappa shape index (κ1) is 20.1. The normalized spacial score (nSPS) is 34.1. The van der Waals surface area contributed by atoms with Gasteiger partial charge >= 0.3 is 11.9 Å². The Kier molecular flexibility index (Phi) is 5.88. The van der Waals surface area contributed by atoms with Gasteiger partial charge in [-0.3, -0.25) is 0 Å². The lowest BCUT2D eigenvalue weighted by Gasteiger charge is -2.48. The number of rotatable bonds is 6. The van der Waals surface area contributed by atoms with Crippen molar-refractivity contribution in [1.82, 2.24) is 0 Å². The largest absolute Gasteiger partial charge is 0.458 e. The van der Waals surface area contributed by atoms with Gasteiger partial charge in [-0.2, -0.15) is 0 Å². The molecule has 1 saturated carbocycles. The van der Waals surface area contributed by atoms with Crippen LogP contribution in [0.2, 0.25) is 0 Å².